The van der Waals surface area contributed by atoms with Gasteiger partial charge in [0.15, 0.2) is 5.16 Å². The van der Waals surface area contributed by atoms with Crippen LogP contribution in [0.2, 0.25) is 0 Å². The standard InChI is InChI=1S/C22H27N3O3S/c1-28-14-13-24-21(27)18-9-5-6-10-19(18)23-22(24)29-15-20(26)25(17-11-12-17)16-7-3-2-4-8-16/h5-7,9-10,17H,2-4,8,11-15H2,1H3. The van der Waals surface area contributed by atoms with Crippen LogP contribution in [0, 0.1) is 0 Å². The number of hydrogen-bond acceptors (Lipinski definition) is 5. The molecule has 6 nitrogen and oxygen atoms in total. The number of thioether (sulfide) groups is 1. The highest BCUT2D eigenvalue weighted by Gasteiger charge is 2.35. The maximum Gasteiger partial charge on any atom is 0.262 e. The Kier molecular flexibility index (Phi) is 6.35. The van der Waals surface area contributed by atoms with Gasteiger partial charge in [-0.05, 0) is 50.7 Å². The smallest absolute Gasteiger partial charge is 0.262 e. The topological polar surface area (TPSA) is 64.4 Å². The number of para-hydroxylation sites is 1. The molecule has 0 spiro atoms. The number of nitrogens with zero attached hydrogens (tertiary/aromatic N) is 3. The zero-order chi connectivity index (χ0) is 20.2. The average molecular weight is 414 g/mol. The van der Waals surface area contributed by atoms with Gasteiger partial charge in [0, 0.05) is 18.8 Å². The maximum atomic E-state index is 13.1. The molecule has 1 fully saturated rings. The highest BCUT2D eigenvalue weighted by Crippen LogP contribution is 2.34. The normalized spacial score (nSPS) is 16.7. The van der Waals surface area contributed by atoms with Crippen LogP contribution in [0.25, 0.3) is 10.9 Å². The van der Waals surface area contributed by atoms with E-state index in [1.54, 1.807) is 17.7 Å². The second-order valence-corrected chi connectivity index (χ2v) is 8.53. The number of fused-ring (bicyclic) bond motifs is 1. The van der Waals surface area contributed by atoms with E-state index < -0.39 is 0 Å². The zero-order valence-electron chi connectivity index (χ0n) is 16.8. The summed E-state index contributed by atoms with van der Waals surface area (Å²) in [5.74, 6) is 0.400. The monoisotopic (exact) mass is 413 g/mol. The quantitative estimate of drug-likeness (QED) is 0.489. The molecule has 7 heteroatoms. The molecule has 0 N–H and O–H groups in total. The number of rotatable bonds is 8. The van der Waals surface area contributed by atoms with Crippen LogP contribution < -0.4 is 5.56 Å². The summed E-state index contributed by atoms with van der Waals surface area (Å²) in [4.78, 5) is 32.7. The van der Waals surface area contributed by atoms with Crippen molar-refractivity contribution in [2.45, 2.75) is 56.3 Å². The molecule has 1 aromatic heterocycles. The van der Waals surface area contributed by atoms with E-state index in [4.69, 9.17) is 4.74 Å². The van der Waals surface area contributed by atoms with Gasteiger partial charge in [0.1, 0.15) is 0 Å². The molecule has 0 unspecified atom stereocenters. The second kappa shape index (κ2) is 9.13. The fourth-order valence-corrected chi connectivity index (χ4v) is 4.69. The van der Waals surface area contributed by atoms with Gasteiger partial charge in [-0.15, -0.1) is 0 Å². The van der Waals surface area contributed by atoms with Crippen LogP contribution >= 0.6 is 11.8 Å². The Morgan fingerprint density at radius 2 is 2.14 bits per heavy atom. The first kappa shape index (κ1) is 20.2. The van der Waals surface area contributed by atoms with Gasteiger partial charge in [0.2, 0.25) is 5.91 Å². The van der Waals surface area contributed by atoms with Crippen molar-refractivity contribution < 1.29 is 9.53 Å². The van der Waals surface area contributed by atoms with Crippen molar-refractivity contribution in [1.82, 2.24) is 14.5 Å². The first-order valence-corrected chi connectivity index (χ1v) is 11.3. The molecule has 1 heterocycles. The molecular formula is C22H27N3O3S. The number of methoxy groups -OCH3 is 1. The first-order chi connectivity index (χ1) is 14.2. The van der Waals surface area contributed by atoms with Gasteiger partial charge in [0.25, 0.3) is 5.56 Å². The van der Waals surface area contributed by atoms with Crippen LogP contribution in [-0.2, 0) is 16.1 Å². The van der Waals surface area contributed by atoms with Crippen LogP contribution in [0.3, 0.4) is 0 Å². The molecule has 2 aromatic rings. The minimum atomic E-state index is -0.0864. The van der Waals surface area contributed by atoms with Gasteiger partial charge in [-0.25, -0.2) is 4.98 Å². The summed E-state index contributed by atoms with van der Waals surface area (Å²) in [5, 5.41) is 1.17. The Hall–Kier alpha value is -2.12. The highest BCUT2D eigenvalue weighted by atomic mass is 32.2. The van der Waals surface area contributed by atoms with Gasteiger partial charge in [-0.1, -0.05) is 30.0 Å². The van der Waals surface area contributed by atoms with Crippen molar-refractivity contribution >= 4 is 28.6 Å². The number of benzene rings is 1. The van der Waals surface area contributed by atoms with Gasteiger partial charge >= 0.3 is 0 Å². The van der Waals surface area contributed by atoms with Gasteiger partial charge in [0.05, 0.1) is 29.8 Å². The molecule has 29 heavy (non-hydrogen) atoms. The summed E-state index contributed by atoms with van der Waals surface area (Å²) in [5.41, 5.74) is 1.76. The minimum absolute atomic E-state index is 0.0864. The predicted molar refractivity (Wildman–Crippen MR) is 115 cm³/mol. The number of amides is 1. The number of allylic oxidation sites excluding steroid dienone is 2. The van der Waals surface area contributed by atoms with E-state index in [1.165, 1.54) is 23.9 Å². The van der Waals surface area contributed by atoms with Crippen LogP contribution in [0.15, 0.2) is 46.0 Å². The summed E-state index contributed by atoms with van der Waals surface area (Å²) < 4.78 is 6.80. The van der Waals surface area contributed by atoms with E-state index >= 15 is 0 Å². The number of carbonyl (C=O) groups is 1. The number of carbonyl (C=O) groups excluding carboxylic acids is 1. The van der Waals surface area contributed by atoms with E-state index in [1.807, 2.05) is 23.1 Å². The van der Waals surface area contributed by atoms with Crippen molar-refractivity contribution in [2.75, 3.05) is 19.5 Å². The Morgan fingerprint density at radius 3 is 2.86 bits per heavy atom. The SMILES string of the molecule is COCCn1c(SCC(=O)N(C2=CCCCC2)C2CC2)nc2ccccc2c1=O. The summed E-state index contributed by atoms with van der Waals surface area (Å²) in [7, 11) is 1.61. The lowest BCUT2D eigenvalue weighted by molar-refractivity contribution is -0.127. The van der Waals surface area contributed by atoms with Crippen LogP contribution in [0.1, 0.15) is 38.5 Å². The molecule has 2 aliphatic carbocycles. The Bertz CT molecular complexity index is 981. The van der Waals surface area contributed by atoms with E-state index in [9.17, 15) is 9.59 Å². The third-order valence-electron chi connectivity index (χ3n) is 5.43. The summed E-state index contributed by atoms with van der Waals surface area (Å²) in [6.45, 7) is 0.837. The van der Waals surface area contributed by atoms with Crippen molar-refractivity contribution in [2.24, 2.45) is 0 Å². The third-order valence-corrected chi connectivity index (χ3v) is 6.39. The Morgan fingerprint density at radius 1 is 1.31 bits per heavy atom. The Balaban J connectivity index is 1.57. The second-order valence-electron chi connectivity index (χ2n) is 7.59. The molecule has 4 rings (SSSR count). The molecule has 0 aliphatic heterocycles. The van der Waals surface area contributed by atoms with Gasteiger partial charge in [-0.2, -0.15) is 0 Å². The maximum absolute atomic E-state index is 13.1. The van der Waals surface area contributed by atoms with E-state index in [2.05, 4.69) is 11.1 Å². The van der Waals surface area contributed by atoms with E-state index in [0.29, 0.717) is 35.3 Å². The number of aromatic nitrogens is 2. The minimum Gasteiger partial charge on any atom is -0.383 e. The van der Waals surface area contributed by atoms with E-state index in [0.717, 1.165) is 32.1 Å². The van der Waals surface area contributed by atoms with Crippen LogP contribution in [-0.4, -0.2) is 45.9 Å². The average Bonchev–Trinajstić information content (AvgIpc) is 3.58. The van der Waals surface area contributed by atoms with Crippen molar-refractivity contribution in [3.05, 3.63) is 46.4 Å². The zero-order valence-corrected chi connectivity index (χ0v) is 17.6. The molecule has 0 saturated heterocycles. The molecule has 1 aromatic carbocycles. The molecule has 0 radical (unpaired) electrons. The molecule has 2 aliphatic rings. The molecule has 1 saturated carbocycles. The lowest BCUT2D eigenvalue weighted by atomic mass is 10.0. The van der Waals surface area contributed by atoms with Crippen molar-refractivity contribution in [3.8, 4) is 0 Å². The van der Waals surface area contributed by atoms with Crippen molar-refractivity contribution in [3.63, 3.8) is 0 Å². The Labute approximate surface area is 174 Å². The third kappa shape index (κ3) is 4.56. The van der Waals surface area contributed by atoms with Crippen molar-refractivity contribution in [1.29, 1.82) is 0 Å². The number of hydrogen-bond donors (Lipinski definition) is 0. The lowest BCUT2D eigenvalue weighted by Crippen LogP contribution is -2.34. The predicted octanol–water partition coefficient (Wildman–Crippen LogP) is 3.58. The largest absolute Gasteiger partial charge is 0.383 e. The highest BCUT2D eigenvalue weighted by molar-refractivity contribution is 7.99. The summed E-state index contributed by atoms with van der Waals surface area (Å²) >= 11 is 1.35. The number of ether oxygens (including phenoxy) is 1. The van der Waals surface area contributed by atoms with Crippen LogP contribution in [0.4, 0.5) is 0 Å². The summed E-state index contributed by atoms with van der Waals surface area (Å²) in [6.07, 6.45) is 8.80. The molecule has 0 bridgehead atoms. The van der Waals surface area contributed by atoms with Crippen LogP contribution in [0.5, 0.6) is 0 Å². The van der Waals surface area contributed by atoms with E-state index in [-0.39, 0.29) is 17.2 Å². The molecule has 0 atom stereocenters. The molecule has 1 amide bonds. The fraction of sp³-hybridized carbons (Fsp3) is 0.500. The molecule has 154 valence electrons. The lowest BCUT2D eigenvalue weighted by Gasteiger charge is -2.27. The van der Waals surface area contributed by atoms with Gasteiger partial charge in [-0.3, -0.25) is 14.2 Å². The first-order valence-electron chi connectivity index (χ1n) is 10.3. The summed E-state index contributed by atoms with van der Waals surface area (Å²) in [6, 6.07) is 7.70. The van der Waals surface area contributed by atoms with Gasteiger partial charge < -0.3 is 9.64 Å². The molecular weight excluding hydrogens is 386 g/mol. The fourth-order valence-electron chi connectivity index (χ4n) is 3.80.